The van der Waals surface area contributed by atoms with E-state index in [0.717, 1.165) is 36.6 Å². The summed E-state index contributed by atoms with van der Waals surface area (Å²) in [6.45, 7) is 15.5. The van der Waals surface area contributed by atoms with E-state index in [1.807, 2.05) is 13.0 Å². The van der Waals surface area contributed by atoms with Gasteiger partial charge in [0.05, 0.1) is 6.54 Å². The van der Waals surface area contributed by atoms with Gasteiger partial charge in [0.2, 0.25) is 0 Å². The van der Waals surface area contributed by atoms with E-state index in [0.29, 0.717) is 6.54 Å². The molecule has 0 atom stereocenters. The summed E-state index contributed by atoms with van der Waals surface area (Å²) in [6, 6.07) is 2.04. The second-order valence-corrected chi connectivity index (χ2v) is 8.14. The van der Waals surface area contributed by atoms with Gasteiger partial charge in [-0.25, -0.2) is 0 Å². The van der Waals surface area contributed by atoms with E-state index in [2.05, 4.69) is 37.5 Å². The van der Waals surface area contributed by atoms with Crippen LogP contribution < -0.4 is 0 Å². The highest BCUT2D eigenvalue weighted by atomic mass is 32.1. The van der Waals surface area contributed by atoms with Crippen LogP contribution in [-0.4, -0.2) is 53.8 Å². The SMILES string of the molecule is Cc1cc(C(=O)CN2CCN(C(C)(C)C)CC2)c(C)s1. The van der Waals surface area contributed by atoms with Gasteiger partial charge < -0.3 is 0 Å². The standard InChI is InChI=1S/C16H26N2OS/c1-12-10-14(13(2)20-12)15(19)11-17-6-8-18(9-7-17)16(3,4)5/h10H,6-9,11H2,1-5H3. The van der Waals surface area contributed by atoms with Gasteiger partial charge in [-0.05, 0) is 40.7 Å². The Morgan fingerprint density at radius 2 is 1.80 bits per heavy atom. The summed E-state index contributed by atoms with van der Waals surface area (Å²) in [5.41, 5.74) is 1.16. The lowest BCUT2D eigenvalue weighted by Crippen LogP contribution is -2.54. The highest BCUT2D eigenvalue weighted by molar-refractivity contribution is 7.12. The second-order valence-electron chi connectivity index (χ2n) is 6.68. The number of rotatable bonds is 3. The van der Waals surface area contributed by atoms with Crippen LogP contribution >= 0.6 is 11.3 Å². The lowest BCUT2D eigenvalue weighted by atomic mass is 10.0. The van der Waals surface area contributed by atoms with Crippen molar-refractivity contribution in [3.8, 4) is 0 Å². The lowest BCUT2D eigenvalue weighted by molar-refractivity contribution is 0.0579. The molecule has 1 aromatic heterocycles. The number of Topliss-reactive ketones (excluding diaryl/α,β-unsaturated/α-hetero) is 1. The van der Waals surface area contributed by atoms with E-state index in [1.54, 1.807) is 11.3 Å². The van der Waals surface area contributed by atoms with Gasteiger partial charge in [0.1, 0.15) is 0 Å². The number of thiophene rings is 1. The number of aryl methyl sites for hydroxylation is 2. The number of hydrogen-bond acceptors (Lipinski definition) is 4. The van der Waals surface area contributed by atoms with E-state index in [4.69, 9.17) is 0 Å². The summed E-state index contributed by atoms with van der Waals surface area (Å²) in [4.78, 5) is 19.5. The molecule has 0 aliphatic carbocycles. The molecular formula is C16H26N2OS. The Morgan fingerprint density at radius 1 is 1.20 bits per heavy atom. The molecule has 1 saturated heterocycles. The van der Waals surface area contributed by atoms with Crippen molar-refractivity contribution in [3.05, 3.63) is 21.4 Å². The fourth-order valence-electron chi connectivity index (χ4n) is 2.77. The Bertz CT molecular complexity index is 479. The van der Waals surface area contributed by atoms with E-state index in [9.17, 15) is 4.79 Å². The number of carbonyl (C=O) groups is 1. The summed E-state index contributed by atoms with van der Waals surface area (Å²) >= 11 is 1.72. The zero-order valence-electron chi connectivity index (χ0n) is 13.3. The van der Waals surface area contributed by atoms with Crippen molar-refractivity contribution in [2.45, 2.75) is 40.2 Å². The van der Waals surface area contributed by atoms with Crippen molar-refractivity contribution in [3.63, 3.8) is 0 Å². The molecule has 1 fully saturated rings. The summed E-state index contributed by atoms with van der Waals surface area (Å²) in [5.74, 6) is 0.274. The van der Waals surface area contributed by atoms with Crippen molar-refractivity contribution < 1.29 is 4.79 Å². The van der Waals surface area contributed by atoms with Crippen molar-refractivity contribution in [1.82, 2.24) is 9.80 Å². The highest BCUT2D eigenvalue weighted by Crippen LogP contribution is 2.22. The maximum atomic E-state index is 12.4. The fraction of sp³-hybridized carbons (Fsp3) is 0.688. The molecule has 4 heteroatoms. The summed E-state index contributed by atoms with van der Waals surface area (Å²) < 4.78 is 0. The Morgan fingerprint density at radius 3 is 2.25 bits per heavy atom. The van der Waals surface area contributed by atoms with Crippen molar-refractivity contribution >= 4 is 17.1 Å². The first-order valence-corrected chi connectivity index (χ1v) is 8.16. The second kappa shape index (κ2) is 5.96. The monoisotopic (exact) mass is 294 g/mol. The van der Waals surface area contributed by atoms with E-state index in [-0.39, 0.29) is 11.3 Å². The molecule has 0 radical (unpaired) electrons. The van der Waals surface area contributed by atoms with Crippen molar-refractivity contribution in [2.24, 2.45) is 0 Å². The molecule has 3 nitrogen and oxygen atoms in total. The van der Waals surface area contributed by atoms with E-state index in [1.165, 1.54) is 4.88 Å². The van der Waals surface area contributed by atoms with Gasteiger partial charge in [0.25, 0.3) is 0 Å². The predicted molar refractivity (Wildman–Crippen MR) is 85.9 cm³/mol. The number of nitrogens with zero attached hydrogens (tertiary/aromatic N) is 2. The number of piperazine rings is 1. The Hall–Kier alpha value is -0.710. The van der Waals surface area contributed by atoms with Crippen LogP contribution in [0, 0.1) is 13.8 Å². The minimum absolute atomic E-state index is 0.233. The third kappa shape index (κ3) is 3.68. The average Bonchev–Trinajstić information content (AvgIpc) is 2.68. The van der Waals surface area contributed by atoms with E-state index < -0.39 is 0 Å². The molecule has 0 saturated carbocycles. The van der Waals surface area contributed by atoms with Gasteiger partial charge in [-0.1, -0.05) is 0 Å². The molecule has 0 amide bonds. The smallest absolute Gasteiger partial charge is 0.177 e. The molecule has 2 heterocycles. The largest absolute Gasteiger partial charge is 0.296 e. The van der Waals surface area contributed by atoms with Gasteiger partial charge >= 0.3 is 0 Å². The molecule has 2 rings (SSSR count). The first kappa shape index (κ1) is 15.7. The number of hydrogen-bond donors (Lipinski definition) is 0. The summed E-state index contributed by atoms with van der Waals surface area (Å²) in [7, 11) is 0. The molecule has 112 valence electrons. The molecule has 1 aliphatic heterocycles. The topological polar surface area (TPSA) is 23.6 Å². The molecule has 0 bridgehead atoms. The van der Waals surface area contributed by atoms with Crippen LogP contribution in [0.25, 0.3) is 0 Å². The third-order valence-electron chi connectivity index (χ3n) is 4.03. The first-order chi connectivity index (χ1) is 9.27. The van der Waals surface area contributed by atoms with Crippen LogP contribution in [0.3, 0.4) is 0 Å². The minimum Gasteiger partial charge on any atom is -0.296 e. The van der Waals surface area contributed by atoms with Gasteiger partial charge in [-0.15, -0.1) is 11.3 Å². The Kier molecular flexibility index (Phi) is 4.67. The fourth-order valence-corrected chi connectivity index (χ4v) is 3.72. The summed E-state index contributed by atoms with van der Waals surface area (Å²) in [5, 5.41) is 0. The molecule has 0 unspecified atom stereocenters. The highest BCUT2D eigenvalue weighted by Gasteiger charge is 2.27. The van der Waals surface area contributed by atoms with Crippen LogP contribution in [0.5, 0.6) is 0 Å². The maximum absolute atomic E-state index is 12.4. The maximum Gasteiger partial charge on any atom is 0.177 e. The van der Waals surface area contributed by atoms with Gasteiger partial charge in [-0.3, -0.25) is 14.6 Å². The molecule has 0 N–H and O–H groups in total. The number of carbonyl (C=O) groups excluding carboxylic acids is 1. The molecule has 20 heavy (non-hydrogen) atoms. The molecule has 1 aliphatic rings. The van der Waals surface area contributed by atoms with Crippen molar-refractivity contribution in [1.29, 1.82) is 0 Å². The van der Waals surface area contributed by atoms with Gasteiger partial charge in [0, 0.05) is 47.0 Å². The summed E-state index contributed by atoms with van der Waals surface area (Å²) in [6.07, 6.45) is 0. The minimum atomic E-state index is 0.233. The molecule has 1 aromatic rings. The third-order valence-corrected chi connectivity index (χ3v) is 5.00. The van der Waals surface area contributed by atoms with E-state index >= 15 is 0 Å². The zero-order chi connectivity index (χ0) is 14.9. The zero-order valence-corrected chi connectivity index (χ0v) is 14.1. The molecule has 0 spiro atoms. The molecule has 0 aromatic carbocycles. The normalized spacial score (nSPS) is 18.4. The predicted octanol–water partition coefficient (Wildman–Crippen LogP) is 2.96. The van der Waals surface area contributed by atoms with Gasteiger partial charge in [0.15, 0.2) is 5.78 Å². The Labute approximate surface area is 126 Å². The van der Waals surface area contributed by atoms with Crippen LogP contribution in [0.2, 0.25) is 0 Å². The lowest BCUT2D eigenvalue weighted by Gasteiger charge is -2.42. The molecular weight excluding hydrogens is 268 g/mol. The Balaban J connectivity index is 1.90. The van der Waals surface area contributed by atoms with Crippen LogP contribution in [0.1, 0.15) is 40.9 Å². The van der Waals surface area contributed by atoms with Crippen LogP contribution in [0.15, 0.2) is 6.07 Å². The van der Waals surface area contributed by atoms with Gasteiger partial charge in [-0.2, -0.15) is 0 Å². The van der Waals surface area contributed by atoms with Crippen LogP contribution in [0.4, 0.5) is 0 Å². The van der Waals surface area contributed by atoms with Crippen molar-refractivity contribution in [2.75, 3.05) is 32.7 Å². The first-order valence-electron chi connectivity index (χ1n) is 7.35. The average molecular weight is 294 g/mol. The van der Waals surface area contributed by atoms with Crippen LogP contribution in [-0.2, 0) is 0 Å². The quantitative estimate of drug-likeness (QED) is 0.801. The number of ketones is 1.